The second-order valence-corrected chi connectivity index (χ2v) is 7.74. The molecule has 7 heteroatoms. The first kappa shape index (κ1) is 20.0. The van der Waals surface area contributed by atoms with E-state index in [0.29, 0.717) is 15.3 Å². The molecule has 0 saturated heterocycles. The minimum absolute atomic E-state index is 0.184. The van der Waals surface area contributed by atoms with Crippen LogP contribution in [0.15, 0.2) is 53.3 Å². The second-order valence-electron chi connectivity index (χ2n) is 6.73. The van der Waals surface area contributed by atoms with Crippen LogP contribution in [0.1, 0.15) is 30.8 Å². The van der Waals surface area contributed by atoms with Gasteiger partial charge in [-0.2, -0.15) is 9.50 Å². The van der Waals surface area contributed by atoms with Gasteiger partial charge in [-0.1, -0.05) is 41.7 Å². The van der Waals surface area contributed by atoms with Gasteiger partial charge in [-0.05, 0) is 61.4 Å². The number of benzene rings is 2. The van der Waals surface area contributed by atoms with E-state index in [1.54, 1.807) is 24.3 Å². The highest BCUT2D eigenvalue weighted by molar-refractivity contribution is 7.15. The summed E-state index contributed by atoms with van der Waals surface area (Å²) in [6.45, 7) is 6.17. The number of anilines is 1. The molecule has 0 aliphatic heterocycles. The molecule has 2 aromatic heterocycles. The Hall–Kier alpha value is -3.32. The molecule has 2 heterocycles. The van der Waals surface area contributed by atoms with E-state index in [2.05, 4.69) is 41.0 Å². The predicted molar refractivity (Wildman–Crippen MR) is 121 cm³/mol. The largest absolute Gasteiger partial charge is 0.372 e. The summed E-state index contributed by atoms with van der Waals surface area (Å²) in [6.07, 6.45) is 5.36. The lowest BCUT2D eigenvalue weighted by atomic mass is 10.2. The maximum Gasteiger partial charge on any atom is 0.291 e. The van der Waals surface area contributed by atoms with Crippen molar-refractivity contribution >= 4 is 40.2 Å². The molecular formula is C23H21FN4OS. The summed E-state index contributed by atoms with van der Waals surface area (Å²) >= 11 is 1.31. The molecule has 4 aromatic rings. The first-order valence-corrected chi connectivity index (χ1v) is 10.6. The molecule has 4 rings (SSSR count). The van der Waals surface area contributed by atoms with Gasteiger partial charge in [0.05, 0.1) is 4.53 Å². The number of hydrogen-bond acceptors (Lipinski definition) is 5. The molecule has 0 amide bonds. The number of rotatable bonds is 6. The maximum atomic E-state index is 13.0. The molecular weight excluding hydrogens is 399 g/mol. The molecule has 5 nitrogen and oxygen atoms in total. The molecule has 0 bridgehead atoms. The van der Waals surface area contributed by atoms with Crippen molar-refractivity contribution in [2.75, 3.05) is 18.0 Å². The maximum absolute atomic E-state index is 13.0. The molecule has 0 N–H and O–H groups in total. The lowest BCUT2D eigenvalue weighted by Crippen LogP contribution is -2.23. The van der Waals surface area contributed by atoms with Gasteiger partial charge in [0.1, 0.15) is 5.82 Å². The van der Waals surface area contributed by atoms with Crippen LogP contribution in [0, 0.1) is 5.82 Å². The van der Waals surface area contributed by atoms with Gasteiger partial charge in [0.2, 0.25) is 4.96 Å². The summed E-state index contributed by atoms with van der Waals surface area (Å²) in [6, 6.07) is 14.3. The van der Waals surface area contributed by atoms with Crippen LogP contribution in [0.5, 0.6) is 0 Å². The number of fused-ring (bicyclic) bond motifs is 1. The number of thiazole rings is 1. The van der Waals surface area contributed by atoms with Crippen molar-refractivity contribution in [3.8, 4) is 0 Å². The Bertz CT molecular complexity index is 1290. The summed E-state index contributed by atoms with van der Waals surface area (Å²) in [4.78, 5) is 19.9. The molecule has 0 saturated carbocycles. The van der Waals surface area contributed by atoms with E-state index in [1.807, 2.05) is 18.2 Å². The summed E-state index contributed by atoms with van der Waals surface area (Å²) in [7, 11) is 0. The lowest BCUT2D eigenvalue weighted by molar-refractivity contribution is 0.628. The molecule has 2 aromatic carbocycles. The van der Waals surface area contributed by atoms with Gasteiger partial charge in [-0.3, -0.25) is 4.79 Å². The first-order chi connectivity index (χ1) is 14.6. The van der Waals surface area contributed by atoms with Gasteiger partial charge < -0.3 is 4.90 Å². The van der Waals surface area contributed by atoms with Gasteiger partial charge in [-0.15, -0.1) is 5.10 Å². The van der Waals surface area contributed by atoms with Gasteiger partial charge in [-0.25, -0.2) is 4.39 Å². The Labute approximate surface area is 177 Å². The first-order valence-electron chi connectivity index (χ1n) is 9.77. The van der Waals surface area contributed by atoms with Crippen molar-refractivity contribution in [1.82, 2.24) is 14.6 Å². The third-order valence-corrected chi connectivity index (χ3v) is 5.77. The van der Waals surface area contributed by atoms with Crippen LogP contribution in [0.25, 0.3) is 23.2 Å². The molecule has 0 unspecified atom stereocenters. The normalized spacial score (nSPS) is 12.3. The summed E-state index contributed by atoms with van der Waals surface area (Å²) < 4.78 is 14.9. The second kappa shape index (κ2) is 8.59. The molecule has 0 aliphatic rings. The van der Waals surface area contributed by atoms with E-state index in [-0.39, 0.29) is 11.4 Å². The molecule has 0 fully saturated rings. The Balaban J connectivity index is 1.59. The number of hydrogen-bond donors (Lipinski definition) is 0. The van der Waals surface area contributed by atoms with Crippen LogP contribution in [0.3, 0.4) is 0 Å². The van der Waals surface area contributed by atoms with Crippen molar-refractivity contribution in [1.29, 1.82) is 0 Å². The average molecular weight is 421 g/mol. The molecule has 0 atom stereocenters. The van der Waals surface area contributed by atoms with Crippen molar-refractivity contribution in [2.24, 2.45) is 0 Å². The fourth-order valence-corrected chi connectivity index (χ4v) is 4.10. The standard InChI is InChI=1S/C23H21FN4OS/c1-3-27(4-2)19-12-7-17(8-13-19)15-20-22(29)28-23(30-20)25-21(26-28)14-9-16-5-10-18(24)11-6-16/h5-15H,3-4H2,1-2H3/b14-9+,20-15+. The van der Waals surface area contributed by atoms with Crippen LogP contribution >= 0.6 is 11.3 Å². The van der Waals surface area contributed by atoms with Gasteiger partial charge in [0, 0.05) is 18.8 Å². The minimum Gasteiger partial charge on any atom is -0.372 e. The Morgan fingerprint density at radius 1 is 1.00 bits per heavy atom. The highest BCUT2D eigenvalue weighted by Gasteiger charge is 2.09. The average Bonchev–Trinajstić information content (AvgIpc) is 3.28. The minimum atomic E-state index is -0.282. The van der Waals surface area contributed by atoms with Crippen molar-refractivity contribution < 1.29 is 4.39 Å². The number of nitrogens with zero attached hydrogens (tertiary/aromatic N) is 4. The molecule has 152 valence electrons. The van der Waals surface area contributed by atoms with Crippen LogP contribution in [-0.4, -0.2) is 27.7 Å². The Morgan fingerprint density at radius 3 is 2.30 bits per heavy atom. The van der Waals surface area contributed by atoms with Crippen molar-refractivity contribution in [3.63, 3.8) is 0 Å². The van der Waals surface area contributed by atoms with Gasteiger partial charge in [0.15, 0.2) is 5.82 Å². The van der Waals surface area contributed by atoms with Gasteiger partial charge >= 0.3 is 0 Å². The molecule has 0 aliphatic carbocycles. The smallest absolute Gasteiger partial charge is 0.291 e. The third kappa shape index (κ3) is 4.16. The fourth-order valence-electron chi connectivity index (χ4n) is 3.19. The number of aromatic nitrogens is 3. The third-order valence-electron chi connectivity index (χ3n) is 4.81. The van der Waals surface area contributed by atoms with Crippen LogP contribution in [0.4, 0.5) is 10.1 Å². The molecule has 0 radical (unpaired) electrons. The fraction of sp³-hybridized carbons (Fsp3) is 0.174. The zero-order chi connectivity index (χ0) is 21.1. The zero-order valence-corrected chi connectivity index (χ0v) is 17.6. The highest BCUT2D eigenvalue weighted by Crippen LogP contribution is 2.15. The van der Waals surface area contributed by atoms with Crippen molar-refractivity contribution in [2.45, 2.75) is 13.8 Å². The predicted octanol–water partition coefficient (Wildman–Crippen LogP) is 3.85. The summed E-state index contributed by atoms with van der Waals surface area (Å²) in [5.74, 6) is 0.160. The zero-order valence-electron chi connectivity index (χ0n) is 16.7. The lowest BCUT2D eigenvalue weighted by Gasteiger charge is -2.20. The summed E-state index contributed by atoms with van der Waals surface area (Å²) in [5, 5.41) is 4.28. The van der Waals surface area contributed by atoms with E-state index < -0.39 is 0 Å². The van der Waals surface area contributed by atoms with Crippen molar-refractivity contribution in [3.05, 3.63) is 86.2 Å². The monoisotopic (exact) mass is 420 g/mol. The Morgan fingerprint density at radius 2 is 1.67 bits per heavy atom. The van der Waals surface area contributed by atoms with Crippen LogP contribution in [-0.2, 0) is 0 Å². The van der Waals surface area contributed by atoms with E-state index in [1.165, 1.54) is 33.7 Å². The van der Waals surface area contributed by atoms with Crippen LogP contribution < -0.4 is 15.0 Å². The summed E-state index contributed by atoms with van der Waals surface area (Å²) in [5.41, 5.74) is 2.78. The highest BCUT2D eigenvalue weighted by atomic mass is 32.1. The van der Waals surface area contributed by atoms with E-state index in [0.717, 1.165) is 24.2 Å². The van der Waals surface area contributed by atoms with E-state index >= 15 is 0 Å². The van der Waals surface area contributed by atoms with E-state index in [4.69, 9.17) is 0 Å². The number of halogens is 1. The topological polar surface area (TPSA) is 50.5 Å². The Kier molecular flexibility index (Phi) is 5.72. The molecule has 0 spiro atoms. The van der Waals surface area contributed by atoms with Crippen LogP contribution in [0.2, 0.25) is 0 Å². The van der Waals surface area contributed by atoms with Gasteiger partial charge in [0.25, 0.3) is 5.56 Å². The van der Waals surface area contributed by atoms with E-state index in [9.17, 15) is 9.18 Å². The SMILES string of the molecule is CCN(CC)c1ccc(/C=c2/sc3nc(/C=C/c4ccc(F)cc4)nn3c2=O)cc1. The molecule has 30 heavy (non-hydrogen) atoms. The quantitative estimate of drug-likeness (QED) is 0.475.